The topological polar surface area (TPSA) is 65.0 Å². The van der Waals surface area contributed by atoms with Crippen molar-refractivity contribution in [2.24, 2.45) is 5.10 Å². The predicted octanol–water partition coefficient (Wildman–Crippen LogP) is 0.339. The second kappa shape index (κ2) is 5.91. The normalized spacial score (nSPS) is 25.5. The number of nitrogens with one attached hydrogen (secondary N) is 1. The summed E-state index contributed by atoms with van der Waals surface area (Å²) in [5.41, 5.74) is 2.90. The van der Waals surface area contributed by atoms with Gasteiger partial charge >= 0.3 is 0 Å². The largest absolute Gasteiger partial charge is 0.335 e. The quantitative estimate of drug-likeness (QED) is 0.792. The molecular weight excluding hydrogens is 256 g/mol. The first kappa shape index (κ1) is 13.5. The second-order valence-electron chi connectivity index (χ2n) is 5.86. The van der Waals surface area contributed by atoms with Crippen molar-refractivity contribution >= 4 is 17.5 Å². The lowest BCUT2D eigenvalue weighted by atomic mass is 10.1. The summed E-state index contributed by atoms with van der Waals surface area (Å²) in [7, 11) is 0. The van der Waals surface area contributed by atoms with Crippen LogP contribution in [0.1, 0.15) is 38.5 Å². The third kappa shape index (κ3) is 2.85. The number of piperazine rings is 1. The molecule has 2 amide bonds. The number of rotatable bonds is 2. The Labute approximate surface area is 119 Å². The molecule has 1 aliphatic carbocycles. The lowest BCUT2D eigenvalue weighted by Gasteiger charge is -2.38. The Morgan fingerprint density at radius 1 is 1.10 bits per heavy atom. The molecule has 2 fully saturated rings. The molecule has 0 radical (unpaired) electrons. The molecule has 6 heteroatoms. The molecule has 0 bridgehead atoms. The molecular formula is C14H22N4O2. The van der Waals surface area contributed by atoms with Gasteiger partial charge in [-0.3, -0.25) is 14.5 Å². The summed E-state index contributed by atoms with van der Waals surface area (Å²) >= 11 is 0. The lowest BCUT2D eigenvalue weighted by Crippen LogP contribution is -2.53. The molecule has 0 unspecified atom stereocenters. The van der Waals surface area contributed by atoms with E-state index in [-0.39, 0.29) is 11.8 Å². The van der Waals surface area contributed by atoms with Gasteiger partial charge < -0.3 is 4.90 Å². The van der Waals surface area contributed by atoms with Gasteiger partial charge in [0.1, 0.15) is 5.71 Å². The maximum absolute atomic E-state index is 12.3. The number of hydrogen-bond acceptors (Lipinski definition) is 4. The van der Waals surface area contributed by atoms with Crippen LogP contribution in [-0.2, 0) is 9.59 Å². The zero-order chi connectivity index (χ0) is 13.9. The Bertz CT molecular complexity index is 421. The van der Waals surface area contributed by atoms with Crippen molar-refractivity contribution in [1.29, 1.82) is 0 Å². The van der Waals surface area contributed by atoms with Gasteiger partial charge in [0.25, 0.3) is 5.91 Å². The molecule has 6 nitrogen and oxygen atoms in total. The van der Waals surface area contributed by atoms with Gasteiger partial charge in [-0.1, -0.05) is 12.8 Å². The van der Waals surface area contributed by atoms with E-state index in [0.29, 0.717) is 18.6 Å². The first-order valence-electron chi connectivity index (χ1n) is 7.63. The molecule has 110 valence electrons. The maximum atomic E-state index is 12.3. The van der Waals surface area contributed by atoms with Crippen molar-refractivity contribution in [3.05, 3.63) is 0 Å². The Morgan fingerprint density at radius 3 is 2.40 bits per heavy atom. The Hall–Kier alpha value is -1.43. The van der Waals surface area contributed by atoms with E-state index in [4.69, 9.17) is 0 Å². The predicted molar refractivity (Wildman–Crippen MR) is 75.2 cm³/mol. The fourth-order valence-corrected chi connectivity index (χ4v) is 3.37. The van der Waals surface area contributed by atoms with E-state index in [0.717, 1.165) is 32.2 Å². The van der Waals surface area contributed by atoms with Crippen LogP contribution in [0.5, 0.6) is 0 Å². The fourth-order valence-electron chi connectivity index (χ4n) is 3.37. The first-order valence-corrected chi connectivity index (χ1v) is 7.63. The molecule has 1 N–H and O–H groups in total. The molecule has 0 atom stereocenters. The summed E-state index contributed by atoms with van der Waals surface area (Å²) in [6.45, 7) is 3.50. The standard InChI is InChI=1S/C14H22N4O2/c19-13-6-5-12(15-16-13)14(20)18-9-7-17(8-10-18)11-3-1-2-4-11/h11H,1-10H2,(H,16,19). The van der Waals surface area contributed by atoms with Crippen molar-refractivity contribution in [1.82, 2.24) is 15.2 Å². The highest BCUT2D eigenvalue weighted by Gasteiger charge is 2.30. The van der Waals surface area contributed by atoms with Crippen LogP contribution in [0.4, 0.5) is 0 Å². The van der Waals surface area contributed by atoms with Crippen molar-refractivity contribution in [2.75, 3.05) is 26.2 Å². The fraction of sp³-hybridized carbons (Fsp3) is 0.786. The lowest BCUT2D eigenvalue weighted by molar-refractivity contribution is -0.126. The number of carbonyl (C=O) groups excluding carboxylic acids is 2. The Morgan fingerprint density at radius 2 is 1.80 bits per heavy atom. The average Bonchev–Trinajstić information content (AvgIpc) is 3.02. The molecule has 2 aliphatic heterocycles. The first-order chi connectivity index (χ1) is 9.74. The Balaban J connectivity index is 1.52. The molecule has 0 aromatic carbocycles. The summed E-state index contributed by atoms with van der Waals surface area (Å²) in [6.07, 6.45) is 6.15. The van der Waals surface area contributed by atoms with Crippen molar-refractivity contribution < 1.29 is 9.59 Å². The molecule has 20 heavy (non-hydrogen) atoms. The van der Waals surface area contributed by atoms with Gasteiger partial charge in [0, 0.05) is 45.1 Å². The van der Waals surface area contributed by atoms with Gasteiger partial charge in [-0.15, -0.1) is 0 Å². The minimum absolute atomic E-state index is 0.00364. The minimum Gasteiger partial charge on any atom is -0.335 e. The Kier molecular flexibility index (Phi) is 4.00. The molecule has 3 aliphatic rings. The third-order valence-electron chi connectivity index (χ3n) is 4.59. The van der Waals surface area contributed by atoms with Crippen LogP contribution >= 0.6 is 0 Å². The third-order valence-corrected chi connectivity index (χ3v) is 4.59. The average molecular weight is 278 g/mol. The summed E-state index contributed by atoms with van der Waals surface area (Å²) in [4.78, 5) is 27.8. The van der Waals surface area contributed by atoms with E-state index in [9.17, 15) is 9.59 Å². The molecule has 0 aromatic heterocycles. The summed E-state index contributed by atoms with van der Waals surface area (Å²) in [5.74, 6) is -0.108. The highest BCUT2D eigenvalue weighted by Crippen LogP contribution is 2.24. The van der Waals surface area contributed by atoms with Gasteiger partial charge in [0.15, 0.2) is 0 Å². The minimum atomic E-state index is -0.104. The van der Waals surface area contributed by atoms with E-state index >= 15 is 0 Å². The summed E-state index contributed by atoms with van der Waals surface area (Å²) in [5, 5.41) is 3.89. The van der Waals surface area contributed by atoms with Gasteiger partial charge in [-0.25, -0.2) is 5.43 Å². The molecule has 1 saturated heterocycles. The smallest absolute Gasteiger partial charge is 0.270 e. The van der Waals surface area contributed by atoms with E-state index in [2.05, 4.69) is 15.4 Å². The van der Waals surface area contributed by atoms with E-state index in [1.807, 2.05) is 4.90 Å². The second-order valence-corrected chi connectivity index (χ2v) is 5.86. The van der Waals surface area contributed by atoms with Crippen LogP contribution < -0.4 is 5.43 Å². The van der Waals surface area contributed by atoms with Crippen LogP contribution in [0.3, 0.4) is 0 Å². The molecule has 1 saturated carbocycles. The number of hydrogen-bond donors (Lipinski definition) is 1. The number of amides is 2. The highest BCUT2D eigenvalue weighted by molar-refractivity contribution is 6.39. The van der Waals surface area contributed by atoms with Crippen molar-refractivity contribution in [2.45, 2.75) is 44.6 Å². The molecule has 0 aromatic rings. The van der Waals surface area contributed by atoms with Crippen molar-refractivity contribution in [3.8, 4) is 0 Å². The highest BCUT2D eigenvalue weighted by atomic mass is 16.2. The van der Waals surface area contributed by atoms with E-state index < -0.39 is 0 Å². The molecule has 2 heterocycles. The van der Waals surface area contributed by atoms with E-state index in [1.165, 1.54) is 25.7 Å². The van der Waals surface area contributed by atoms with Gasteiger partial charge in [-0.2, -0.15) is 5.10 Å². The van der Waals surface area contributed by atoms with Gasteiger partial charge in [0.05, 0.1) is 0 Å². The van der Waals surface area contributed by atoms with Crippen LogP contribution in [0.2, 0.25) is 0 Å². The SMILES string of the molecule is O=C1CCC(C(=O)N2CCN(C3CCCC3)CC2)=NN1. The van der Waals surface area contributed by atoms with E-state index in [1.54, 1.807) is 0 Å². The molecule has 0 spiro atoms. The summed E-state index contributed by atoms with van der Waals surface area (Å²) < 4.78 is 0. The number of carbonyl (C=O) groups is 2. The van der Waals surface area contributed by atoms with Crippen LogP contribution in [0, 0.1) is 0 Å². The number of nitrogens with zero attached hydrogens (tertiary/aromatic N) is 3. The van der Waals surface area contributed by atoms with Gasteiger partial charge in [0.2, 0.25) is 5.91 Å². The van der Waals surface area contributed by atoms with Crippen LogP contribution in [0.15, 0.2) is 5.10 Å². The maximum Gasteiger partial charge on any atom is 0.270 e. The number of hydrazone groups is 1. The van der Waals surface area contributed by atoms with Crippen molar-refractivity contribution in [3.63, 3.8) is 0 Å². The monoisotopic (exact) mass is 278 g/mol. The van der Waals surface area contributed by atoms with Crippen LogP contribution in [0.25, 0.3) is 0 Å². The zero-order valence-electron chi connectivity index (χ0n) is 11.8. The van der Waals surface area contributed by atoms with Crippen LogP contribution in [-0.4, -0.2) is 59.5 Å². The molecule has 3 rings (SSSR count). The van der Waals surface area contributed by atoms with Gasteiger partial charge in [-0.05, 0) is 12.8 Å². The summed E-state index contributed by atoms with van der Waals surface area (Å²) in [6, 6.07) is 0.735. The zero-order valence-corrected chi connectivity index (χ0v) is 11.8.